The summed E-state index contributed by atoms with van der Waals surface area (Å²) in [5, 5.41) is 0. The number of hydrogen-bond acceptors (Lipinski definition) is 5. The van der Waals surface area contributed by atoms with Crippen molar-refractivity contribution in [2.45, 2.75) is 6.42 Å². The summed E-state index contributed by atoms with van der Waals surface area (Å²) in [5.41, 5.74) is 3.00. The van der Waals surface area contributed by atoms with Crippen molar-refractivity contribution in [3.63, 3.8) is 0 Å². The number of carbonyl (C=O) groups is 1. The molecule has 6 heteroatoms. The number of nitrogens with zero attached hydrogens (tertiary/aromatic N) is 2. The second kappa shape index (κ2) is 8.71. The lowest BCUT2D eigenvalue weighted by Gasteiger charge is -2.26. The maximum absolute atomic E-state index is 12.2. The first-order chi connectivity index (χ1) is 13.8. The number of hydrogen-bond donors (Lipinski definition) is 0. The van der Waals surface area contributed by atoms with Gasteiger partial charge in [0.2, 0.25) is 0 Å². The topological polar surface area (TPSA) is 64.8 Å². The molecule has 4 rings (SSSR count). The minimum absolute atomic E-state index is 0.0206. The molecule has 0 N–H and O–H groups in total. The van der Waals surface area contributed by atoms with Gasteiger partial charge in [-0.05, 0) is 29.8 Å². The van der Waals surface area contributed by atoms with Gasteiger partial charge in [-0.1, -0.05) is 30.3 Å². The zero-order chi connectivity index (χ0) is 19.2. The van der Waals surface area contributed by atoms with Crippen molar-refractivity contribution in [3.8, 4) is 17.1 Å². The summed E-state index contributed by atoms with van der Waals surface area (Å²) in [5.74, 6) is 1.38. The Morgan fingerprint density at radius 2 is 1.79 bits per heavy atom. The number of oxazole rings is 1. The second-order valence-electron chi connectivity index (χ2n) is 6.60. The average molecular weight is 378 g/mol. The van der Waals surface area contributed by atoms with E-state index >= 15 is 0 Å². The normalized spacial score (nSPS) is 14.1. The quantitative estimate of drug-likeness (QED) is 0.659. The van der Waals surface area contributed by atoms with E-state index < -0.39 is 0 Å². The van der Waals surface area contributed by atoms with Gasteiger partial charge in [-0.2, -0.15) is 0 Å². The average Bonchev–Trinajstić information content (AvgIpc) is 3.22. The third-order valence-electron chi connectivity index (χ3n) is 4.70. The molecule has 1 fully saturated rings. The Bertz CT molecular complexity index is 900. The van der Waals surface area contributed by atoms with Crippen molar-refractivity contribution >= 4 is 5.91 Å². The molecule has 3 aromatic rings. The van der Waals surface area contributed by atoms with Gasteiger partial charge < -0.3 is 18.8 Å². The molecule has 0 radical (unpaired) electrons. The van der Waals surface area contributed by atoms with Gasteiger partial charge in [0.15, 0.2) is 18.8 Å². The summed E-state index contributed by atoms with van der Waals surface area (Å²) in [6.07, 6.45) is 2.18. The molecule has 1 amide bonds. The smallest absolute Gasteiger partial charge is 0.260 e. The van der Waals surface area contributed by atoms with Crippen LogP contribution in [0.1, 0.15) is 11.3 Å². The lowest BCUT2D eigenvalue weighted by Crippen LogP contribution is -2.42. The second-order valence-corrected chi connectivity index (χ2v) is 6.60. The van der Waals surface area contributed by atoms with Crippen LogP contribution in [-0.2, 0) is 16.0 Å². The van der Waals surface area contributed by atoms with E-state index in [-0.39, 0.29) is 12.5 Å². The summed E-state index contributed by atoms with van der Waals surface area (Å²) >= 11 is 0. The maximum Gasteiger partial charge on any atom is 0.260 e. The molecule has 0 spiro atoms. The Hall–Kier alpha value is -3.12. The van der Waals surface area contributed by atoms with E-state index in [4.69, 9.17) is 13.9 Å². The van der Waals surface area contributed by atoms with Gasteiger partial charge >= 0.3 is 0 Å². The lowest BCUT2D eigenvalue weighted by molar-refractivity contribution is -0.137. The molecule has 0 saturated carbocycles. The van der Waals surface area contributed by atoms with Crippen LogP contribution in [-0.4, -0.2) is 48.7 Å². The Morgan fingerprint density at radius 3 is 2.54 bits per heavy atom. The largest absolute Gasteiger partial charge is 0.484 e. The van der Waals surface area contributed by atoms with E-state index in [1.165, 1.54) is 12.0 Å². The highest BCUT2D eigenvalue weighted by Crippen LogP contribution is 2.27. The monoisotopic (exact) mass is 378 g/mol. The molecule has 0 atom stereocenters. The molecule has 0 unspecified atom stereocenters. The Labute approximate surface area is 163 Å². The fourth-order valence-corrected chi connectivity index (χ4v) is 3.17. The third kappa shape index (κ3) is 4.40. The number of rotatable bonds is 6. The van der Waals surface area contributed by atoms with Gasteiger partial charge in [0.25, 0.3) is 5.91 Å². The van der Waals surface area contributed by atoms with Crippen LogP contribution in [0, 0.1) is 0 Å². The van der Waals surface area contributed by atoms with Crippen LogP contribution >= 0.6 is 0 Å². The van der Waals surface area contributed by atoms with Gasteiger partial charge in [-0.15, -0.1) is 0 Å². The zero-order valence-corrected chi connectivity index (χ0v) is 15.5. The van der Waals surface area contributed by atoms with E-state index in [1.807, 2.05) is 42.5 Å². The molecule has 0 bridgehead atoms. The van der Waals surface area contributed by atoms with Crippen molar-refractivity contribution < 1.29 is 18.7 Å². The molecule has 0 aliphatic carbocycles. The lowest BCUT2D eigenvalue weighted by atomic mass is 10.1. The van der Waals surface area contributed by atoms with Gasteiger partial charge in [-0.25, -0.2) is 4.98 Å². The highest BCUT2D eigenvalue weighted by atomic mass is 16.5. The van der Waals surface area contributed by atoms with Gasteiger partial charge in [0, 0.05) is 25.1 Å². The van der Waals surface area contributed by atoms with E-state index in [0.717, 1.165) is 17.0 Å². The molecule has 2 aromatic carbocycles. The standard InChI is InChI=1S/C22H22N2O4/c25-21(24-10-12-26-13-11-24)15-27-19-8-6-18(7-9-19)22-20(23-16-28-22)14-17-4-2-1-3-5-17/h1-9,16H,10-15H2. The van der Waals surface area contributed by atoms with Crippen LogP contribution in [0.3, 0.4) is 0 Å². The molecule has 28 heavy (non-hydrogen) atoms. The molecule has 1 aromatic heterocycles. The van der Waals surface area contributed by atoms with Crippen molar-refractivity contribution in [2.75, 3.05) is 32.9 Å². The molecule has 144 valence electrons. The van der Waals surface area contributed by atoms with Crippen LogP contribution in [0.4, 0.5) is 0 Å². The van der Waals surface area contributed by atoms with Crippen molar-refractivity contribution in [1.29, 1.82) is 0 Å². The van der Waals surface area contributed by atoms with Gasteiger partial charge in [-0.3, -0.25) is 4.79 Å². The van der Waals surface area contributed by atoms with Crippen molar-refractivity contribution in [2.24, 2.45) is 0 Å². The van der Waals surface area contributed by atoms with E-state index in [2.05, 4.69) is 17.1 Å². The minimum Gasteiger partial charge on any atom is -0.484 e. The highest BCUT2D eigenvalue weighted by Gasteiger charge is 2.17. The number of ether oxygens (including phenoxy) is 2. The number of aromatic nitrogens is 1. The Balaban J connectivity index is 1.38. The number of amides is 1. The first kappa shape index (κ1) is 18.3. The molecular weight excluding hydrogens is 356 g/mol. The summed E-state index contributed by atoms with van der Waals surface area (Å²) < 4.78 is 16.5. The SMILES string of the molecule is O=C(COc1ccc(-c2ocnc2Cc2ccccc2)cc1)N1CCOCC1. The highest BCUT2D eigenvalue weighted by molar-refractivity contribution is 5.77. The zero-order valence-electron chi connectivity index (χ0n) is 15.5. The molecule has 6 nitrogen and oxygen atoms in total. The van der Waals surface area contributed by atoms with Crippen LogP contribution < -0.4 is 4.74 Å². The van der Waals surface area contributed by atoms with Gasteiger partial charge in [0.1, 0.15) is 5.75 Å². The summed E-state index contributed by atoms with van der Waals surface area (Å²) in [4.78, 5) is 18.3. The van der Waals surface area contributed by atoms with Crippen LogP contribution in [0.5, 0.6) is 5.75 Å². The summed E-state index contributed by atoms with van der Waals surface area (Å²) in [7, 11) is 0. The first-order valence-corrected chi connectivity index (χ1v) is 9.34. The summed E-state index contributed by atoms with van der Waals surface area (Å²) in [6.45, 7) is 2.44. The van der Waals surface area contributed by atoms with Crippen LogP contribution in [0.2, 0.25) is 0 Å². The van der Waals surface area contributed by atoms with E-state index in [9.17, 15) is 4.79 Å². The van der Waals surface area contributed by atoms with Crippen molar-refractivity contribution in [1.82, 2.24) is 9.88 Å². The Morgan fingerprint density at radius 1 is 1.04 bits per heavy atom. The third-order valence-corrected chi connectivity index (χ3v) is 4.70. The number of morpholine rings is 1. The number of carbonyl (C=O) groups excluding carboxylic acids is 1. The molecule has 1 aliphatic rings. The fourth-order valence-electron chi connectivity index (χ4n) is 3.17. The van der Waals surface area contributed by atoms with E-state index in [1.54, 1.807) is 4.90 Å². The van der Waals surface area contributed by atoms with E-state index in [0.29, 0.717) is 38.5 Å². The number of benzene rings is 2. The molecule has 1 aliphatic heterocycles. The summed E-state index contributed by atoms with van der Waals surface area (Å²) in [6, 6.07) is 17.7. The predicted octanol–water partition coefficient (Wildman–Crippen LogP) is 3.17. The minimum atomic E-state index is -0.0206. The molecule has 2 heterocycles. The van der Waals surface area contributed by atoms with Crippen LogP contribution in [0.25, 0.3) is 11.3 Å². The van der Waals surface area contributed by atoms with Gasteiger partial charge in [0.05, 0.1) is 18.9 Å². The first-order valence-electron chi connectivity index (χ1n) is 9.34. The molecular formula is C22H22N2O4. The molecule has 1 saturated heterocycles. The fraction of sp³-hybridized carbons (Fsp3) is 0.273. The van der Waals surface area contributed by atoms with Crippen molar-refractivity contribution in [3.05, 3.63) is 72.2 Å². The Kier molecular flexibility index (Phi) is 5.68. The predicted molar refractivity (Wildman–Crippen MR) is 104 cm³/mol. The maximum atomic E-state index is 12.2. The van der Waals surface area contributed by atoms with Crippen LogP contribution in [0.15, 0.2) is 65.4 Å².